The Labute approximate surface area is 248 Å². The molecule has 1 aliphatic heterocycles. The van der Waals surface area contributed by atoms with Gasteiger partial charge in [0.15, 0.2) is 5.82 Å². The number of fused-ring (bicyclic) bond motifs is 1. The van der Waals surface area contributed by atoms with E-state index < -0.39 is 29.7 Å². The van der Waals surface area contributed by atoms with Crippen molar-refractivity contribution in [2.45, 2.75) is 69.6 Å². The van der Waals surface area contributed by atoms with E-state index in [-0.39, 0.29) is 72.4 Å². The summed E-state index contributed by atoms with van der Waals surface area (Å²) in [6.45, 7) is 0.261. The zero-order valence-electron chi connectivity index (χ0n) is 22.8. The number of amides is 4. The molecule has 0 bridgehead atoms. The van der Waals surface area contributed by atoms with E-state index in [1.54, 1.807) is 11.9 Å². The second-order valence-corrected chi connectivity index (χ2v) is 11.2. The highest BCUT2D eigenvalue weighted by molar-refractivity contribution is 6.42. The van der Waals surface area contributed by atoms with Crippen molar-refractivity contribution >= 4 is 52.5 Å². The van der Waals surface area contributed by atoms with E-state index in [0.29, 0.717) is 0 Å². The highest BCUT2D eigenvalue weighted by Crippen LogP contribution is 2.30. The van der Waals surface area contributed by atoms with Crippen LogP contribution in [0.5, 0.6) is 0 Å². The molecular formula is C29H34Cl2FN5O4. The van der Waals surface area contributed by atoms with Gasteiger partial charge in [0.2, 0.25) is 23.6 Å². The number of carbonyl (C=O) groups is 4. The normalized spacial score (nSPS) is 17.2. The molecule has 0 aromatic heterocycles. The first-order valence-electron chi connectivity index (χ1n) is 13.7. The molecule has 4 N–H and O–H groups in total. The van der Waals surface area contributed by atoms with Gasteiger partial charge in [0.1, 0.15) is 12.1 Å². The highest BCUT2D eigenvalue weighted by Gasteiger charge is 2.36. The van der Waals surface area contributed by atoms with Crippen molar-refractivity contribution in [3.05, 3.63) is 63.4 Å². The van der Waals surface area contributed by atoms with Crippen LogP contribution >= 0.6 is 23.2 Å². The van der Waals surface area contributed by atoms with E-state index in [1.165, 1.54) is 17.0 Å². The molecule has 1 saturated carbocycles. The minimum Gasteiger partial charge on any atom is -0.343 e. The zero-order chi connectivity index (χ0) is 29.7. The zero-order valence-corrected chi connectivity index (χ0v) is 24.3. The van der Waals surface area contributed by atoms with Gasteiger partial charge in [0, 0.05) is 38.9 Å². The SMILES string of the molecule is CN(C(=O)CCC(=O)N1Cc2ccccc2C[C@H]1C(=O)N[C@@H](CCN)C(=O)Nc1ccc(Cl)c(Cl)c1F)C1CCC1. The molecule has 0 radical (unpaired) electrons. The van der Waals surface area contributed by atoms with Crippen molar-refractivity contribution in [2.75, 3.05) is 18.9 Å². The quantitative estimate of drug-likeness (QED) is 0.357. The lowest BCUT2D eigenvalue weighted by Gasteiger charge is -2.37. The second-order valence-electron chi connectivity index (χ2n) is 10.5. The third kappa shape index (κ3) is 7.17. The highest BCUT2D eigenvalue weighted by atomic mass is 35.5. The van der Waals surface area contributed by atoms with E-state index >= 15 is 0 Å². The second kappa shape index (κ2) is 13.6. The molecule has 2 aliphatic rings. The van der Waals surface area contributed by atoms with Crippen molar-refractivity contribution in [1.29, 1.82) is 0 Å². The Morgan fingerprint density at radius 2 is 1.80 bits per heavy atom. The van der Waals surface area contributed by atoms with Gasteiger partial charge in [0.05, 0.1) is 15.7 Å². The summed E-state index contributed by atoms with van der Waals surface area (Å²) in [5, 5.41) is 4.79. The maximum Gasteiger partial charge on any atom is 0.247 e. The number of rotatable bonds is 10. The summed E-state index contributed by atoms with van der Waals surface area (Å²) in [6, 6.07) is 8.34. The molecule has 2 atom stereocenters. The molecule has 220 valence electrons. The van der Waals surface area contributed by atoms with Crippen molar-refractivity contribution in [3.63, 3.8) is 0 Å². The first kappa shape index (κ1) is 30.7. The molecule has 1 fully saturated rings. The number of benzene rings is 2. The molecule has 9 nitrogen and oxygen atoms in total. The van der Waals surface area contributed by atoms with Crippen LogP contribution in [-0.4, -0.2) is 65.1 Å². The fourth-order valence-electron chi connectivity index (χ4n) is 5.08. The van der Waals surface area contributed by atoms with Gasteiger partial charge in [-0.15, -0.1) is 0 Å². The molecule has 4 rings (SSSR count). The molecule has 1 heterocycles. The van der Waals surface area contributed by atoms with E-state index in [1.807, 2.05) is 24.3 Å². The van der Waals surface area contributed by atoms with Gasteiger partial charge in [-0.3, -0.25) is 19.2 Å². The first-order valence-corrected chi connectivity index (χ1v) is 14.4. The third-order valence-electron chi connectivity index (χ3n) is 7.82. The average molecular weight is 607 g/mol. The maximum atomic E-state index is 14.5. The maximum absolute atomic E-state index is 14.5. The predicted molar refractivity (Wildman–Crippen MR) is 155 cm³/mol. The van der Waals surface area contributed by atoms with E-state index in [9.17, 15) is 23.6 Å². The Balaban J connectivity index is 1.48. The third-order valence-corrected chi connectivity index (χ3v) is 8.60. The summed E-state index contributed by atoms with van der Waals surface area (Å²) in [5.41, 5.74) is 7.34. The summed E-state index contributed by atoms with van der Waals surface area (Å²) in [4.78, 5) is 55.9. The number of carbonyl (C=O) groups excluding carboxylic acids is 4. The lowest BCUT2D eigenvalue weighted by Crippen LogP contribution is -2.56. The number of nitrogens with two attached hydrogens (primary N) is 1. The van der Waals surface area contributed by atoms with E-state index in [4.69, 9.17) is 28.9 Å². The largest absolute Gasteiger partial charge is 0.343 e. The molecule has 2 aromatic carbocycles. The van der Waals surface area contributed by atoms with Crippen LogP contribution in [0.3, 0.4) is 0 Å². The molecule has 2 aromatic rings. The predicted octanol–water partition coefficient (Wildman–Crippen LogP) is 3.65. The standard InChI is InChI=1S/C29H34Cl2FN5O4/c1-36(19-7-4-8-19)24(38)11-12-25(39)37-16-18-6-3-2-5-17(18)15-23(37)29(41)35-22(13-14-33)28(40)34-21-10-9-20(30)26(31)27(21)32/h2-3,5-6,9-10,19,22-23H,4,7-8,11-16,33H2,1H3,(H,34,40)(H,35,41)/t22-,23-/m0/s1. The topological polar surface area (TPSA) is 125 Å². The van der Waals surface area contributed by atoms with Crippen LogP contribution in [0.2, 0.25) is 10.0 Å². The van der Waals surface area contributed by atoms with Crippen LogP contribution in [0.1, 0.15) is 49.7 Å². The summed E-state index contributed by atoms with van der Waals surface area (Å²) in [6.07, 6.45) is 3.35. The van der Waals surface area contributed by atoms with Crippen molar-refractivity contribution in [2.24, 2.45) is 5.73 Å². The molecule has 0 spiro atoms. The van der Waals surface area contributed by atoms with Gasteiger partial charge >= 0.3 is 0 Å². The van der Waals surface area contributed by atoms with Crippen LogP contribution in [0.4, 0.5) is 10.1 Å². The van der Waals surface area contributed by atoms with Crippen LogP contribution in [-0.2, 0) is 32.1 Å². The minimum absolute atomic E-state index is 0.00676. The average Bonchev–Trinajstić information content (AvgIpc) is 2.93. The van der Waals surface area contributed by atoms with Crippen LogP contribution in [0.15, 0.2) is 36.4 Å². The molecule has 12 heteroatoms. The number of halogens is 3. The Bertz CT molecular complexity index is 1320. The van der Waals surface area contributed by atoms with Crippen LogP contribution in [0, 0.1) is 5.82 Å². The molecular weight excluding hydrogens is 572 g/mol. The van der Waals surface area contributed by atoms with Gasteiger partial charge in [0.25, 0.3) is 0 Å². The Hall–Kier alpha value is -3.21. The Kier molecular flexibility index (Phi) is 10.2. The number of nitrogens with one attached hydrogen (secondary N) is 2. The first-order chi connectivity index (χ1) is 19.6. The van der Waals surface area contributed by atoms with Gasteiger partial charge in [-0.2, -0.15) is 0 Å². The summed E-state index contributed by atoms with van der Waals surface area (Å²) in [5.74, 6) is -2.57. The smallest absolute Gasteiger partial charge is 0.247 e. The Morgan fingerprint density at radius 3 is 2.46 bits per heavy atom. The van der Waals surface area contributed by atoms with Gasteiger partial charge in [-0.25, -0.2) is 4.39 Å². The molecule has 4 amide bonds. The molecule has 1 aliphatic carbocycles. The van der Waals surface area contributed by atoms with Gasteiger partial charge in [-0.05, 0) is 55.5 Å². The number of hydrogen-bond acceptors (Lipinski definition) is 5. The van der Waals surface area contributed by atoms with E-state index in [2.05, 4.69) is 10.6 Å². The number of hydrogen-bond donors (Lipinski definition) is 3. The van der Waals surface area contributed by atoms with Gasteiger partial charge in [-0.1, -0.05) is 47.5 Å². The lowest BCUT2D eigenvalue weighted by molar-refractivity contribution is -0.144. The fraction of sp³-hybridized carbons (Fsp3) is 0.448. The number of anilines is 1. The van der Waals surface area contributed by atoms with Crippen molar-refractivity contribution < 1.29 is 23.6 Å². The Morgan fingerprint density at radius 1 is 1.10 bits per heavy atom. The van der Waals surface area contributed by atoms with Crippen LogP contribution < -0.4 is 16.4 Å². The lowest BCUT2D eigenvalue weighted by atomic mass is 9.91. The molecule has 0 saturated heterocycles. The van der Waals surface area contributed by atoms with Gasteiger partial charge < -0.3 is 26.2 Å². The van der Waals surface area contributed by atoms with E-state index in [0.717, 1.165) is 30.4 Å². The number of nitrogens with zero attached hydrogens (tertiary/aromatic N) is 2. The summed E-state index contributed by atoms with van der Waals surface area (Å²) >= 11 is 11.7. The van der Waals surface area contributed by atoms with Crippen molar-refractivity contribution in [3.8, 4) is 0 Å². The summed E-state index contributed by atoms with van der Waals surface area (Å²) < 4.78 is 14.5. The fourth-order valence-corrected chi connectivity index (χ4v) is 5.39. The summed E-state index contributed by atoms with van der Waals surface area (Å²) in [7, 11) is 1.76. The van der Waals surface area contributed by atoms with Crippen LogP contribution in [0.25, 0.3) is 0 Å². The molecule has 0 unspecified atom stereocenters. The molecule has 41 heavy (non-hydrogen) atoms. The monoisotopic (exact) mass is 605 g/mol. The minimum atomic E-state index is -1.10. The van der Waals surface area contributed by atoms with Crippen molar-refractivity contribution in [1.82, 2.24) is 15.1 Å².